The maximum atomic E-state index is 12.4. The lowest BCUT2D eigenvalue weighted by Gasteiger charge is -2.13. The van der Waals surface area contributed by atoms with E-state index in [0.717, 1.165) is 6.07 Å². The topological polar surface area (TPSA) is 26.0 Å². The van der Waals surface area contributed by atoms with Gasteiger partial charge in [-0.2, -0.15) is 13.2 Å². The van der Waals surface area contributed by atoms with Gasteiger partial charge in [-0.25, -0.2) is 0 Å². The first-order valence-corrected chi connectivity index (χ1v) is 5.49. The van der Waals surface area contributed by atoms with Crippen LogP contribution in [-0.2, 0) is 11.5 Å². The minimum atomic E-state index is -4.36. The van der Waals surface area contributed by atoms with Gasteiger partial charge in [0.1, 0.15) is 0 Å². The van der Waals surface area contributed by atoms with Crippen LogP contribution in [0.15, 0.2) is 16.6 Å². The number of anilines is 1. The molecule has 0 unspecified atom stereocenters. The van der Waals surface area contributed by atoms with E-state index in [1.165, 1.54) is 6.07 Å². The van der Waals surface area contributed by atoms with Crippen molar-refractivity contribution in [1.29, 1.82) is 0 Å². The maximum Gasteiger partial charge on any atom is 0.417 e. The molecule has 0 amide bonds. The Labute approximate surface area is 95.7 Å². The van der Waals surface area contributed by atoms with E-state index in [4.69, 9.17) is 5.73 Å². The maximum absolute atomic E-state index is 12.4. The van der Waals surface area contributed by atoms with Gasteiger partial charge in [-0.05, 0) is 28.1 Å². The normalized spacial score (nSPS) is 11.8. The van der Waals surface area contributed by atoms with Crippen LogP contribution in [-0.4, -0.2) is 0 Å². The summed E-state index contributed by atoms with van der Waals surface area (Å²) in [6.07, 6.45) is -4.36. The van der Waals surface area contributed by atoms with Gasteiger partial charge in [0.05, 0.1) is 5.56 Å². The van der Waals surface area contributed by atoms with Crippen LogP contribution in [0.25, 0.3) is 0 Å². The number of hydrogen-bond acceptors (Lipinski definition) is 1. The molecule has 0 spiro atoms. The monoisotopic (exact) mass is 331 g/mol. The zero-order valence-electron chi connectivity index (χ0n) is 6.83. The molecule has 1 nitrogen and oxygen atoms in total. The Bertz CT molecular complexity index is 349. The predicted octanol–water partition coefficient (Wildman–Crippen LogP) is 3.95. The summed E-state index contributed by atoms with van der Waals surface area (Å²) in [7, 11) is 0. The summed E-state index contributed by atoms with van der Waals surface area (Å²) in [6.45, 7) is 0. The van der Waals surface area contributed by atoms with E-state index in [0.29, 0.717) is 11.3 Å². The molecule has 1 aromatic carbocycles. The summed E-state index contributed by atoms with van der Waals surface area (Å²) in [5.74, 6) is 0. The lowest BCUT2D eigenvalue weighted by molar-refractivity contribution is -0.138. The van der Waals surface area contributed by atoms with E-state index in [2.05, 4.69) is 31.9 Å². The predicted molar refractivity (Wildman–Crippen MR) is 56.2 cm³/mol. The molecule has 14 heavy (non-hydrogen) atoms. The highest BCUT2D eigenvalue weighted by molar-refractivity contribution is 9.10. The first kappa shape index (κ1) is 11.8. The van der Waals surface area contributed by atoms with Gasteiger partial charge in [0.2, 0.25) is 0 Å². The van der Waals surface area contributed by atoms with Gasteiger partial charge in [-0.15, -0.1) is 0 Å². The summed E-state index contributed by atoms with van der Waals surface area (Å²) >= 11 is 5.98. The van der Waals surface area contributed by atoms with Crippen LogP contribution < -0.4 is 5.73 Å². The Morgan fingerprint density at radius 3 is 2.29 bits per heavy atom. The van der Waals surface area contributed by atoms with Crippen LogP contribution in [0.4, 0.5) is 18.9 Å². The molecule has 0 aliphatic carbocycles. The fraction of sp³-hybridized carbons (Fsp3) is 0.250. The van der Waals surface area contributed by atoms with Gasteiger partial charge >= 0.3 is 6.18 Å². The standard InChI is InChI=1S/C8H6Br2F3N/c9-3-4-6(14)2-1-5(7(4)10)8(11,12)13/h1-2H,3,14H2. The third-order valence-corrected chi connectivity index (χ3v) is 3.18. The van der Waals surface area contributed by atoms with Crippen LogP contribution in [0.3, 0.4) is 0 Å². The minimum Gasteiger partial charge on any atom is -0.398 e. The summed E-state index contributed by atoms with van der Waals surface area (Å²) < 4.78 is 37.2. The molecule has 0 heterocycles. The summed E-state index contributed by atoms with van der Waals surface area (Å²) in [4.78, 5) is 0. The number of nitrogen functional groups attached to an aromatic ring is 1. The average molecular weight is 333 g/mol. The smallest absolute Gasteiger partial charge is 0.398 e. The molecule has 0 fully saturated rings. The van der Waals surface area contributed by atoms with Gasteiger partial charge in [0, 0.05) is 21.1 Å². The second-order valence-corrected chi connectivity index (χ2v) is 3.98. The molecule has 0 saturated heterocycles. The Balaban J connectivity index is 3.36. The van der Waals surface area contributed by atoms with E-state index in [1.807, 2.05) is 0 Å². The molecule has 0 aliphatic heterocycles. The van der Waals surface area contributed by atoms with E-state index in [-0.39, 0.29) is 9.80 Å². The Morgan fingerprint density at radius 1 is 1.29 bits per heavy atom. The molecule has 1 aromatic rings. The highest BCUT2D eigenvalue weighted by Crippen LogP contribution is 2.38. The number of alkyl halides is 4. The molecule has 2 N–H and O–H groups in total. The van der Waals surface area contributed by atoms with Crippen molar-refractivity contribution in [3.8, 4) is 0 Å². The number of rotatable bonds is 1. The van der Waals surface area contributed by atoms with Crippen molar-refractivity contribution in [2.24, 2.45) is 0 Å². The minimum absolute atomic E-state index is 0.00174. The fourth-order valence-electron chi connectivity index (χ4n) is 0.991. The average Bonchev–Trinajstić information content (AvgIpc) is 2.02. The third kappa shape index (κ3) is 2.23. The molecule has 0 aliphatic rings. The molecule has 0 radical (unpaired) electrons. The van der Waals surface area contributed by atoms with Crippen LogP contribution in [0, 0.1) is 0 Å². The third-order valence-electron chi connectivity index (χ3n) is 1.72. The van der Waals surface area contributed by atoms with Crippen LogP contribution in [0.2, 0.25) is 0 Å². The van der Waals surface area contributed by atoms with Crippen LogP contribution >= 0.6 is 31.9 Å². The molecule has 0 aromatic heterocycles. The number of benzene rings is 1. The number of halogens is 5. The molecule has 0 atom stereocenters. The van der Waals surface area contributed by atoms with Crippen molar-refractivity contribution in [2.45, 2.75) is 11.5 Å². The first-order chi connectivity index (χ1) is 6.38. The Kier molecular flexibility index (Phi) is 3.47. The molecule has 0 bridgehead atoms. The Morgan fingerprint density at radius 2 is 1.86 bits per heavy atom. The second kappa shape index (κ2) is 4.10. The molecule has 1 rings (SSSR count). The largest absolute Gasteiger partial charge is 0.417 e. The first-order valence-electron chi connectivity index (χ1n) is 3.58. The number of hydrogen-bond donors (Lipinski definition) is 1. The highest BCUT2D eigenvalue weighted by atomic mass is 79.9. The van der Waals surface area contributed by atoms with E-state index < -0.39 is 11.7 Å². The molecular formula is C8H6Br2F3N. The van der Waals surface area contributed by atoms with Crippen LogP contribution in [0.5, 0.6) is 0 Å². The summed E-state index contributed by atoms with van der Waals surface area (Å²) in [5, 5.41) is 0.281. The lowest BCUT2D eigenvalue weighted by Crippen LogP contribution is -2.08. The van der Waals surface area contributed by atoms with Crippen molar-refractivity contribution in [2.75, 3.05) is 5.73 Å². The lowest BCUT2D eigenvalue weighted by atomic mass is 10.1. The quantitative estimate of drug-likeness (QED) is 0.611. The van der Waals surface area contributed by atoms with Crippen molar-refractivity contribution in [3.05, 3.63) is 27.7 Å². The van der Waals surface area contributed by atoms with E-state index in [9.17, 15) is 13.2 Å². The van der Waals surface area contributed by atoms with Crippen molar-refractivity contribution in [3.63, 3.8) is 0 Å². The molecular weight excluding hydrogens is 327 g/mol. The van der Waals surface area contributed by atoms with Crippen molar-refractivity contribution >= 4 is 37.5 Å². The molecule has 0 saturated carbocycles. The summed E-state index contributed by atoms with van der Waals surface area (Å²) in [6, 6.07) is 2.22. The molecule has 78 valence electrons. The van der Waals surface area contributed by atoms with Gasteiger partial charge in [-0.1, -0.05) is 15.9 Å². The van der Waals surface area contributed by atoms with Gasteiger partial charge in [0.15, 0.2) is 0 Å². The molecule has 6 heteroatoms. The SMILES string of the molecule is Nc1ccc(C(F)(F)F)c(Br)c1CBr. The van der Waals surface area contributed by atoms with Crippen molar-refractivity contribution < 1.29 is 13.2 Å². The van der Waals surface area contributed by atoms with E-state index >= 15 is 0 Å². The number of nitrogens with two attached hydrogens (primary N) is 1. The van der Waals surface area contributed by atoms with Gasteiger partial charge < -0.3 is 5.73 Å². The zero-order valence-corrected chi connectivity index (χ0v) is 10.0. The second-order valence-electron chi connectivity index (χ2n) is 2.63. The Hall–Kier alpha value is -0.230. The fourth-order valence-corrected chi connectivity index (χ4v) is 2.70. The van der Waals surface area contributed by atoms with E-state index in [1.54, 1.807) is 0 Å². The van der Waals surface area contributed by atoms with Crippen molar-refractivity contribution in [1.82, 2.24) is 0 Å². The van der Waals surface area contributed by atoms with Gasteiger partial charge in [-0.3, -0.25) is 0 Å². The van der Waals surface area contributed by atoms with Gasteiger partial charge in [0.25, 0.3) is 0 Å². The highest BCUT2D eigenvalue weighted by Gasteiger charge is 2.33. The zero-order chi connectivity index (χ0) is 10.9. The summed E-state index contributed by atoms with van der Waals surface area (Å²) in [5.41, 5.74) is 5.56. The van der Waals surface area contributed by atoms with Crippen LogP contribution in [0.1, 0.15) is 11.1 Å².